The fraction of sp³-hybridized carbons (Fsp3) is 0.105. The quantitative estimate of drug-likeness (QED) is 0.760. The molecule has 0 bridgehead atoms. The molecule has 0 spiro atoms. The van der Waals surface area contributed by atoms with Gasteiger partial charge in [0, 0.05) is 17.4 Å². The van der Waals surface area contributed by atoms with Crippen molar-refractivity contribution in [3.63, 3.8) is 0 Å². The fourth-order valence-corrected chi connectivity index (χ4v) is 2.23. The van der Waals surface area contributed by atoms with Crippen molar-refractivity contribution < 1.29 is 4.79 Å². The van der Waals surface area contributed by atoms with Crippen LogP contribution in [0.25, 0.3) is 0 Å². The summed E-state index contributed by atoms with van der Waals surface area (Å²) in [4.78, 5) is 20.6. The predicted molar refractivity (Wildman–Crippen MR) is 95.6 cm³/mol. The number of anilines is 3. The van der Waals surface area contributed by atoms with Crippen molar-refractivity contribution in [2.45, 2.75) is 13.8 Å². The molecule has 0 fully saturated rings. The third-order valence-electron chi connectivity index (χ3n) is 3.71. The van der Waals surface area contributed by atoms with Gasteiger partial charge in [-0.1, -0.05) is 24.3 Å². The molecule has 1 heterocycles. The Bertz CT molecular complexity index is 862. The Kier molecular flexibility index (Phi) is 4.52. The Morgan fingerprint density at radius 3 is 2.42 bits per heavy atom. The minimum atomic E-state index is -0.267. The van der Waals surface area contributed by atoms with E-state index >= 15 is 0 Å². The third kappa shape index (κ3) is 3.76. The molecule has 3 aromatic rings. The van der Waals surface area contributed by atoms with Gasteiger partial charge in [0.25, 0.3) is 5.91 Å². The highest BCUT2D eigenvalue weighted by atomic mass is 16.1. The topological polar surface area (TPSA) is 66.9 Å². The lowest BCUT2D eigenvalue weighted by atomic mass is 10.1. The zero-order chi connectivity index (χ0) is 16.9. The van der Waals surface area contributed by atoms with E-state index in [0.717, 1.165) is 16.9 Å². The minimum Gasteiger partial charge on any atom is -0.340 e. The van der Waals surface area contributed by atoms with Crippen molar-refractivity contribution in [3.8, 4) is 0 Å². The van der Waals surface area contributed by atoms with Crippen molar-refractivity contribution in [2.24, 2.45) is 0 Å². The summed E-state index contributed by atoms with van der Waals surface area (Å²) >= 11 is 0. The van der Waals surface area contributed by atoms with Crippen molar-refractivity contribution in [1.29, 1.82) is 0 Å². The van der Waals surface area contributed by atoms with Gasteiger partial charge in [0.15, 0.2) is 0 Å². The van der Waals surface area contributed by atoms with Gasteiger partial charge in [0.05, 0.1) is 0 Å². The number of carbonyl (C=O) groups excluding carboxylic acids is 1. The highest BCUT2D eigenvalue weighted by Crippen LogP contribution is 2.17. The normalized spacial score (nSPS) is 10.2. The van der Waals surface area contributed by atoms with Gasteiger partial charge in [-0.2, -0.15) is 0 Å². The summed E-state index contributed by atoms with van der Waals surface area (Å²) in [5.74, 6) is 0.304. The molecule has 2 aromatic carbocycles. The second kappa shape index (κ2) is 6.91. The fourth-order valence-electron chi connectivity index (χ4n) is 2.23. The Hall–Kier alpha value is -3.21. The van der Waals surface area contributed by atoms with E-state index in [4.69, 9.17) is 0 Å². The van der Waals surface area contributed by atoms with Crippen molar-refractivity contribution in [2.75, 3.05) is 10.6 Å². The molecule has 5 nitrogen and oxygen atoms in total. The second-order valence-corrected chi connectivity index (χ2v) is 5.53. The number of benzene rings is 2. The highest BCUT2D eigenvalue weighted by molar-refractivity contribution is 6.03. The molecule has 0 aliphatic carbocycles. The van der Waals surface area contributed by atoms with Crippen LogP contribution in [-0.4, -0.2) is 15.9 Å². The molecule has 1 amide bonds. The number of aryl methyl sites for hydroxylation is 2. The third-order valence-corrected chi connectivity index (χ3v) is 3.71. The number of carbonyl (C=O) groups is 1. The average Bonchev–Trinajstić information content (AvgIpc) is 2.59. The first-order valence-corrected chi connectivity index (χ1v) is 7.64. The Morgan fingerprint density at radius 1 is 0.875 bits per heavy atom. The van der Waals surface area contributed by atoms with Crippen LogP contribution in [0.1, 0.15) is 21.6 Å². The van der Waals surface area contributed by atoms with Crippen LogP contribution in [0.3, 0.4) is 0 Å². The number of nitrogens with zero attached hydrogens (tertiary/aromatic N) is 2. The standard InChI is InChI=1S/C19H18N4O/c1-13-8-9-16(10-14(13)2)23-19(24)17-11-18(21-12-20-17)22-15-6-4-3-5-7-15/h3-12H,1-2H3,(H,23,24)(H,20,21,22). The average molecular weight is 318 g/mol. The van der Waals surface area contributed by atoms with Gasteiger partial charge in [0.2, 0.25) is 0 Å². The van der Waals surface area contributed by atoms with Crippen molar-refractivity contribution >= 4 is 23.1 Å². The maximum absolute atomic E-state index is 12.4. The Balaban J connectivity index is 1.75. The number of rotatable bonds is 4. The summed E-state index contributed by atoms with van der Waals surface area (Å²) in [6.07, 6.45) is 1.38. The zero-order valence-electron chi connectivity index (χ0n) is 13.6. The lowest BCUT2D eigenvalue weighted by Crippen LogP contribution is -2.14. The van der Waals surface area contributed by atoms with Crippen molar-refractivity contribution in [3.05, 3.63) is 77.7 Å². The Labute approximate surface area is 140 Å². The van der Waals surface area contributed by atoms with E-state index in [9.17, 15) is 4.79 Å². The van der Waals surface area contributed by atoms with Gasteiger partial charge in [-0.3, -0.25) is 4.79 Å². The first kappa shape index (κ1) is 15.7. The summed E-state index contributed by atoms with van der Waals surface area (Å²) in [6.45, 7) is 4.05. The first-order chi connectivity index (χ1) is 11.6. The number of amides is 1. The van der Waals surface area contributed by atoms with Crippen LogP contribution in [0, 0.1) is 13.8 Å². The molecular formula is C19H18N4O. The van der Waals surface area contributed by atoms with E-state index in [-0.39, 0.29) is 5.91 Å². The van der Waals surface area contributed by atoms with Crippen LogP contribution >= 0.6 is 0 Å². The van der Waals surface area contributed by atoms with Gasteiger partial charge in [-0.05, 0) is 49.2 Å². The van der Waals surface area contributed by atoms with Crippen LogP contribution in [-0.2, 0) is 0 Å². The Morgan fingerprint density at radius 2 is 1.67 bits per heavy atom. The van der Waals surface area contributed by atoms with Gasteiger partial charge in [0.1, 0.15) is 17.8 Å². The number of hydrogen-bond donors (Lipinski definition) is 2. The summed E-state index contributed by atoms with van der Waals surface area (Å²) in [5, 5.41) is 6.01. The van der Waals surface area contributed by atoms with Crippen LogP contribution in [0.15, 0.2) is 60.9 Å². The molecular weight excluding hydrogens is 300 g/mol. The molecule has 0 aliphatic rings. The van der Waals surface area contributed by atoms with Gasteiger partial charge in [-0.15, -0.1) is 0 Å². The first-order valence-electron chi connectivity index (χ1n) is 7.64. The number of hydrogen-bond acceptors (Lipinski definition) is 4. The molecule has 5 heteroatoms. The summed E-state index contributed by atoms with van der Waals surface area (Å²) in [5.41, 5.74) is 4.27. The van der Waals surface area contributed by atoms with Gasteiger partial charge >= 0.3 is 0 Å². The SMILES string of the molecule is Cc1ccc(NC(=O)c2cc(Nc3ccccc3)ncn2)cc1C. The van der Waals surface area contributed by atoms with E-state index < -0.39 is 0 Å². The summed E-state index contributed by atoms with van der Waals surface area (Å²) in [7, 11) is 0. The molecule has 0 atom stereocenters. The molecule has 0 saturated heterocycles. The zero-order valence-corrected chi connectivity index (χ0v) is 13.6. The number of nitrogens with one attached hydrogen (secondary N) is 2. The largest absolute Gasteiger partial charge is 0.340 e. The maximum atomic E-state index is 12.4. The van der Waals surface area contributed by atoms with Gasteiger partial charge in [-0.25, -0.2) is 9.97 Å². The van der Waals surface area contributed by atoms with Crippen molar-refractivity contribution in [1.82, 2.24) is 9.97 Å². The van der Waals surface area contributed by atoms with Crippen LogP contribution in [0.4, 0.5) is 17.2 Å². The molecule has 3 rings (SSSR count). The molecule has 0 unspecified atom stereocenters. The predicted octanol–water partition coefficient (Wildman–Crippen LogP) is 4.09. The molecule has 120 valence electrons. The molecule has 0 radical (unpaired) electrons. The molecule has 0 aliphatic heterocycles. The maximum Gasteiger partial charge on any atom is 0.274 e. The lowest BCUT2D eigenvalue weighted by Gasteiger charge is -2.09. The van der Waals surface area contributed by atoms with E-state index in [0.29, 0.717) is 11.5 Å². The summed E-state index contributed by atoms with van der Waals surface area (Å²) in [6, 6.07) is 17.1. The highest BCUT2D eigenvalue weighted by Gasteiger charge is 2.10. The van der Waals surface area contributed by atoms with E-state index in [1.165, 1.54) is 11.9 Å². The lowest BCUT2D eigenvalue weighted by molar-refractivity contribution is 0.102. The van der Waals surface area contributed by atoms with E-state index in [1.807, 2.05) is 62.4 Å². The molecule has 1 aromatic heterocycles. The molecule has 2 N–H and O–H groups in total. The van der Waals surface area contributed by atoms with Crippen LogP contribution < -0.4 is 10.6 Å². The van der Waals surface area contributed by atoms with Crippen LogP contribution in [0.5, 0.6) is 0 Å². The summed E-state index contributed by atoms with van der Waals surface area (Å²) < 4.78 is 0. The van der Waals surface area contributed by atoms with E-state index in [1.54, 1.807) is 6.07 Å². The molecule has 0 saturated carbocycles. The minimum absolute atomic E-state index is 0.267. The van der Waals surface area contributed by atoms with E-state index in [2.05, 4.69) is 20.6 Å². The second-order valence-electron chi connectivity index (χ2n) is 5.53. The number of aromatic nitrogens is 2. The van der Waals surface area contributed by atoms with Gasteiger partial charge < -0.3 is 10.6 Å². The smallest absolute Gasteiger partial charge is 0.274 e. The monoisotopic (exact) mass is 318 g/mol. The number of para-hydroxylation sites is 1. The van der Waals surface area contributed by atoms with Crippen LogP contribution in [0.2, 0.25) is 0 Å². The molecule has 24 heavy (non-hydrogen) atoms.